The number of nitrogens with one attached hydrogen (secondary N) is 2. The molecule has 2 amide bonds. The summed E-state index contributed by atoms with van der Waals surface area (Å²) < 4.78 is 36.4. The maximum atomic E-state index is 12.1. The van der Waals surface area contributed by atoms with Crippen LogP contribution in [0.15, 0.2) is 24.3 Å². The van der Waals surface area contributed by atoms with Crippen molar-refractivity contribution < 1.29 is 22.8 Å². The van der Waals surface area contributed by atoms with Gasteiger partial charge in [-0.25, -0.2) is 0 Å². The molecule has 0 unspecified atom stereocenters. The van der Waals surface area contributed by atoms with Gasteiger partial charge in [0, 0.05) is 12.1 Å². The molecule has 5 nitrogen and oxygen atoms in total. The van der Waals surface area contributed by atoms with E-state index in [1.54, 1.807) is 13.8 Å². The first kappa shape index (κ1) is 23.2. The molecule has 25 heavy (non-hydrogen) atoms. The third-order valence-corrected chi connectivity index (χ3v) is 3.38. The van der Waals surface area contributed by atoms with Crippen LogP contribution in [0, 0.1) is 5.92 Å². The predicted octanol–water partition coefficient (Wildman–Crippen LogP) is 2.64. The highest BCUT2D eigenvalue weighted by Crippen LogP contribution is 2.22. The molecule has 0 aliphatic heterocycles. The monoisotopic (exact) mass is 381 g/mol. The Morgan fingerprint density at radius 3 is 2.20 bits per heavy atom. The Morgan fingerprint density at radius 1 is 1.16 bits per heavy atom. The van der Waals surface area contributed by atoms with Gasteiger partial charge in [-0.3, -0.25) is 9.59 Å². The van der Waals surface area contributed by atoms with Crippen LogP contribution in [0.2, 0.25) is 0 Å². The van der Waals surface area contributed by atoms with E-state index in [2.05, 4.69) is 10.6 Å². The predicted molar refractivity (Wildman–Crippen MR) is 92.5 cm³/mol. The summed E-state index contributed by atoms with van der Waals surface area (Å²) in [6, 6.07) is 5.39. The fourth-order valence-corrected chi connectivity index (χ4v) is 1.83. The summed E-state index contributed by atoms with van der Waals surface area (Å²) in [4.78, 5) is 23.4. The number of benzene rings is 1. The van der Waals surface area contributed by atoms with Gasteiger partial charge in [0.1, 0.15) is 0 Å². The minimum absolute atomic E-state index is 0. The molecular formula is C16H23ClF3N3O2. The number of halogens is 4. The standard InChI is InChI=1S/C16H22F3N3O2.ClH/c1-10(2)14(20)15(24)21-9-13(23)22-12-5-3-11(4-6-12)7-8-16(17,18)19;/h3-6,10,14H,7-9,20H2,1-2H3,(H,21,24)(H,22,23);1H/t14-;/m0./s1. The van der Waals surface area contributed by atoms with Crippen molar-refractivity contribution in [3.8, 4) is 0 Å². The average Bonchev–Trinajstić information content (AvgIpc) is 2.50. The summed E-state index contributed by atoms with van der Waals surface area (Å²) in [6.45, 7) is 3.37. The maximum Gasteiger partial charge on any atom is 0.389 e. The van der Waals surface area contributed by atoms with Gasteiger partial charge in [0.05, 0.1) is 12.6 Å². The van der Waals surface area contributed by atoms with E-state index in [4.69, 9.17) is 5.73 Å². The lowest BCUT2D eigenvalue weighted by Crippen LogP contribution is -2.46. The minimum atomic E-state index is -4.19. The van der Waals surface area contributed by atoms with Crippen LogP contribution in [0.25, 0.3) is 0 Å². The third-order valence-electron chi connectivity index (χ3n) is 3.38. The fraction of sp³-hybridized carbons (Fsp3) is 0.500. The average molecular weight is 382 g/mol. The molecule has 9 heteroatoms. The second kappa shape index (κ2) is 10.2. The maximum absolute atomic E-state index is 12.1. The fourth-order valence-electron chi connectivity index (χ4n) is 1.83. The molecule has 142 valence electrons. The van der Waals surface area contributed by atoms with Crippen LogP contribution in [0.4, 0.5) is 18.9 Å². The Balaban J connectivity index is 0.00000576. The normalized spacial score (nSPS) is 12.3. The van der Waals surface area contributed by atoms with E-state index in [1.165, 1.54) is 24.3 Å². The first-order chi connectivity index (χ1) is 11.1. The van der Waals surface area contributed by atoms with Crippen LogP contribution in [-0.2, 0) is 16.0 Å². The summed E-state index contributed by atoms with van der Waals surface area (Å²) >= 11 is 0. The smallest absolute Gasteiger partial charge is 0.346 e. The van der Waals surface area contributed by atoms with Crippen LogP contribution in [0.1, 0.15) is 25.8 Å². The van der Waals surface area contributed by atoms with Gasteiger partial charge in [0.2, 0.25) is 11.8 Å². The Hall–Kier alpha value is -1.80. The minimum Gasteiger partial charge on any atom is -0.346 e. The van der Waals surface area contributed by atoms with Gasteiger partial charge in [-0.15, -0.1) is 12.4 Å². The number of hydrogen-bond donors (Lipinski definition) is 3. The SMILES string of the molecule is CC(C)[C@H](N)C(=O)NCC(=O)Nc1ccc(CCC(F)(F)F)cc1.Cl. The molecule has 0 aliphatic carbocycles. The third kappa shape index (κ3) is 9.31. The van der Waals surface area contributed by atoms with E-state index in [1.807, 2.05) is 0 Å². The molecule has 4 N–H and O–H groups in total. The van der Waals surface area contributed by atoms with Crippen molar-refractivity contribution in [3.63, 3.8) is 0 Å². The molecule has 1 aromatic rings. The number of rotatable bonds is 7. The highest BCUT2D eigenvalue weighted by Gasteiger charge is 2.26. The topological polar surface area (TPSA) is 84.2 Å². The first-order valence-electron chi connectivity index (χ1n) is 7.57. The summed E-state index contributed by atoms with van der Waals surface area (Å²) in [5, 5.41) is 4.98. The summed E-state index contributed by atoms with van der Waals surface area (Å²) in [5.74, 6) is -0.901. The van der Waals surface area contributed by atoms with E-state index >= 15 is 0 Å². The van der Waals surface area contributed by atoms with Crippen LogP contribution < -0.4 is 16.4 Å². The molecule has 1 aromatic carbocycles. The Bertz CT molecular complexity index is 563. The van der Waals surface area contributed by atoms with E-state index in [-0.39, 0.29) is 31.3 Å². The second-order valence-electron chi connectivity index (χ2n) is 5.85. The molecule has 0 aliphatic rings. The van der Waals surface area contributed by atoms with E-state index in [9.17, 15) is 22.8 Å². The number of alkyl halides is 3. The van der Waals surface area contributed by atoms with Crippen molar-refractivity contribution in [1.29, 1.82) is 0 Å². The summed E-state index contributed by atoms with van der Waals surface area (Å²) in [6.07, 6.45) is -5.19. The molecule has 0 bridgehead atoms. The number of carbonyl (C=O) groups is 2. The summed E-state index contributed by atoms with van der Waals surface area (Å²) in [7, 11) is 0. The van der Waals surface area contributed by atoms with Crippen molar-refractivity contribution in [1.82, 2.24) is 5.32 Å². The zero-order valence-corrected chi connectivity index (χ0v) is 14.8. The molecule has 0 fully saturated rings. The Labute approximate surface area is 150 Å². The zero-order valence-electron chi connectivity index (χ0n) is 14.0. The number of hydrogen-bond acceptors (Lipinski definition) is 3. The first-order valence-corrected chi connectivity index (χ1v) is 7.57. The van der Waals surface area contributed by atoms with Crippen LogP contribution in [-0.4, -0.2) is 30.6 Å². The van der Waals surface area contributed by atoms with Gasteiger partial charge in [0.25, 0.3) is 0 Å². The number of anilines is 1. The second-order valence-corrected chi connectivity index (χ2v) is 5.85. The zero-order chi connectivity index (χ0) is 18.3. The van der Waals surface area contributed by atoms with Gasteiger partial charge in [0.15, 0.2) is 0 Å². The quantitative estimate of drug-likeness (QED) is 0.678. The van der Waals surface area contributed by atoms with E-state index in [0.29, 0.717) is 11.3 Å². The molecule has 0 saturated carbocycles. The van der Waals surface area contributed by atoms with Crippen LogP contribution >= 0.6 is 12.4 Å². The van der Waals surface area contributed by atoms with Gasteiger partial charge < -0.3 is 16.4 Å². The van der Waals surface area contributed by atoms with Crippen molar-refractivity contribution in [3.05, 3.63) is 29.8 Å². The molecule has 0 radical (unpaired) electrons. The Kier molecular flexibility index (Phi) is 9.51. The Morgan fingerprint density at radius 2 is 1.72 bits per heavy atom. The molecule has 1 atom stereocenters. The van der Waals surface area contributed by atoms with Gasteiger partial charge in [-0.1, -0.05) is 26.0 Å². The van der Waals surface area contributed by atoms with Gasteiger partial charge in [-0.2, -0.15) is 13.2 Å². The number of amides is 2. The number of nitrogens with two attached hydrogens (primary N) is 1. The summed E-state index contributed by atoms with van der Waals surface area (Å²) in [5.41, 5.74) is 6.62. The molecule has 0 saturated heterocycles. The van der Waals surface area contributed by atoms with Gasteiger partial charge in [-0.05, 0) is 30.0 Å². The molecule has 0 spiro atoms. The molecule has 1 rings (SSSR count). The van der Waals surface area contributed by atoms with E-state index < -0.39 is 30.5 Å². The van der Waals surface area contributed by atoms with Crippen molar-refractivity contribution in [2.24, 2.45) is 11.7 Å². The number of carbonyl (C=O) groups excluding carboxylic acids is 2. The highest BCUT2D eigenvalue weighted by molar-refractivity contribution is 5.95. The van der Waals surface area contributed by atoms with E-state index in [0.717, 1.165) is 0 Å². The lowest BCUT2D eigenvalue weighted by molar-refractivity contribution is -0.134. The van der Waals surface area contributed by atoms with Crippen molar-refractivity contribution >= 4 is 29.9 Å². The molecule has 0 heterocycles. The van der Waals surface area contributed by atoms with Crippen molar-refractivity contribution in [2.75, 3.05) is 11.9 Å². The van der Waals surface area contributed by atoms with Gasteiger partial charge >= 0.3 is 6.18 Å². The van der Waals surface area contributed by atoms with Crippen molar-refractivity contribution in [2.45, 2.75) is 38.9 Å². The lowest BCUT2D eigenvalue weighted by atomic mass is 10.1. The van der Waals surface area contributed by atoms with Crippen LogP contribution in [0.3, 0.4) is 0 Å². The molecule has 0 aromatic heterocycles. The lowest BCUT2D eigenvalue weighted by Gasteiger charge is -2.15. The largest absolute Gasteiger partial charge is 0.389 e. The molecular weight excluding hydrogens is 359 g/mol. The highest BCUT2D eigenvalue weighted by atomic mass is 35.5. The number of aryl methyl sites for hydroxylation is 1. The van der Waals surface area contributed by atoms with Crippen LogP contribution in [0.5, 0.6) is 0 Å².